The highest BCUT2D eigenvalue weighted by Crippen LogP contribution is 2.16. The van der Waals surface area contributed by atoms with E-state index in [1.165, 1.54) is 24.3 Å². The Morgan fingerprint density at radius 3 is 2.88 bits per heavy atom. The van der Waals surface area contributed by atoms with E-state index in [2.05, 4.69) is 15.2 Å². The van der Waals surface area contributed by atoms with E-state index in [4.69, 9.17) is 9.26 Å². The van der Waals surface area contributed by atoms with E-state index < -0.39 is 15.9 Å². The number of rotatable bonds is 6. The molecule has 1 amide bonds. The number of anilines is 1. The summed E-state index contributed by atoms with van der Waals surface area (Å²) < 4.78 is 37.6. The number of sulfonamides is 1. The summed E-state index contributed by atoms with van der Waals surface area (Å²) in [5.74, 6) is 0.363. The van der Waals surface area contributed by atoms with Crippen molar-refractivity contribution in [2.45, 2.75) is 30.8 Å². The van der Waals surface area contributed by atoms with Gasteiger partial charge in [0, 0.05) is 24.8 Å². The van der Waals surface area contributed by atoms with Crippen LogP contribution < -0.4 is 10.0 Å². The Hall–Kier alpha value is -2.23. The van der Waals surface area contributed by atoms with Gasteiger partial charge in [0.2, 0.25) is 10.0 Å². The molecule has 8 nitrogen and oxygen atoms in total. The molecule has 3 rings (SSSR count). The molecular formula is C16H19N3O5S. The van der Waals surface area contributed by atoms with Gasteiger partial charge in [-0.25, -0.2) is 13.1 Å². The van der Waals surface area contributed by atoms with Crippen molar-refractivity contribution in [1.29, 1.82) is 0 Å². The first kappa shape index (κ1) is 17.6. The summed E-state index contributed by atoms with van der Waals surface area (Å²) in [4.78, 5) is 12.3. The minimum Gasteiger partial charge on any atom is -0.377 e. The van der Waals surface area contributed by atoms with Crippen molar-refractivity contribution in [2.75, 3.05) is 18.5 Å². The maximum atomic E-state index is 12.4. The molecule has 0 spiro atoms. The fraction of sp³-hybridized carbons (Fsp3) is 0.375. The molecule has 1 aliphatic heterocycles. The van der Waals surface area contributed by atoms with Crippen LogP contribution in [0.5, 0.6) is 0 Å². The quantitative estimate of drug-likeness (QED) is 0.806. The molecular weight excluding hydrogens is 346 g/mol. The molecule has 0 saturated carbocycles. The van der Waals surface area contributed by atoms with Crippen molar-refractivity contribution < 1.29 is 22.5 Å². The molecule has 0 bridgehead atoms. The maximum Gasteiger partial charge on any atom is 0.256 e. The lowest BCUT2D eigenvalue weighted by atomic mass is 10.2. The second kappa shape index (κ2) is 7.34. The Bertz CT molecular complexity index is 856. The van der Waals surface area contributed by atoms with Gasteiger partial charge in [-0.15, -0.1) is 0 Å². The summed E-state index contributed by atoms with van der Waals surface area (Å²) in [5.41, 5.74) is 0.209. The van der Waals surface area contributed by atoms with Crippen LogP contribution in [0.25, 0.3) is 0 Å². The molecule has 0 aliphatic carbocycles. The third-order valence-electron chi connectivity index (χ3n) is 3.80. The monoisotopic (exact) mass is 365 g/mol. The van der Waals surface area contributed by atoms with E-state index in [0.29, 0.717) is 12.4 Å². The highest BCUT2D eigenvalue weighted by atomic mass is 32.2. The largest absolute Gasteiger partial charge is 0.377 e. The van der Waals surface area contributed by atoms with Gasteiger partial charge in [-0.3, -0.25) is 4.79 Å². The predicted octanol–water partition coefficient (Wildman–Crippen LogP) is 1.69. The number of hydrogen-bond acceptors (Lipinski definition) is 6. The number of nitrogens with zero attached hydrogens (tertiary/aromatic N) is 1. The Morgan fingerprint density at radius 2 is 2.20 bits per heavy atom. The zero-order chi connectivity index (χ0) is 17.9. The van der Waals surface area contributed by atoms with Gasteiger partial charge in [-0.05, 0) is 38.0 Å². The fourth-order valence-electron chi connectivity index (χ4n) is 2.51. The van der Waals surface area contributed by atoms with Crippen LogP contribution >= 0.6 is 0 Å². The first-order chi connectivity index (χ1) is 11.9. The molecule has 2 aromatic rings. The smallest absolute Gasteiger partial charge is 0.256 e. The molecule has 9 heteroatoms. The minimum atomic E-state index is -3.72. The summed E-state index contributed by atoms with van der Waals surface area (Å²) in [5, 5.41) is 6.23. The average Bonchev–Trinajstić information content (AvgIpc) is 3.25. The number of carbonyl (C=O) groups is 1. The second-order valence-corrected chi connectivity index (χ2v) is 7.56. The Morgan fingerprint density at radius 1 is 1.36 bits per heavy atom. The highest BCUT2D eigenvalue weighted by molar-refractivity contribution is 7.89. The number of hydrogen-bond donors (Lipinski definition) is 2. The van der Waals surface area contributed by atoms with E-state index in [1.807, 2.05) is 0 Å². The summed E-state index contributed by atoms with van der Waals surface area (Å²) in [6.45, 7) is 2.58. The van der Waals surface area contributed by atoms with Crippen molar-refractivity contribution in [3.8, 4) is 0 Å². The number of aryl methyl sites for hydroxylation is 1. The Kier molecular flexibility index (Phi) is 5.16. The molecule has 1 aromatic heterocycles. The van der Waals surface area contributed by atoms with Crippen LogP contribution in [0, 0.1) is 6.92 Å². The number of ether oxygens (including phenoxy) is 1. The predicted molar refractivity (Wildman–Crippen MR) is 89.8 cm³/mol. The molecule has 0 radical (unpaired) electrons. The fourth-order valence-corrected chi connectivity index (χ4v) is 3.62. The number of benzene rings is 1. The van der Waals surface area contributed by atoms with Gasteiger partial charge in [0.1, 0.15) is 5.76 Å². The number of carbonyl (C=O) groups excluding carboxylic acids is 1. The third-order valence-corrected chi connectivity index (χ3v) is 5.22. The normalized spacial score (nSPS) is 17.6. The molecule has 2 heterocycles. The Labute approximate surface area is 145 Å². The van der Waals surface area contributed by atoms with Crippen molar-refractivity contribution in [3.63, 3.8) is 0 Å². The van der Waals surface area contributed by atoms with Crippen LogP contribution in [0.15, 0.2) is 39.8 Å². The molecule has 1 saturated heterocycles. The lowest BCUT2D eigenvalue weighted by Crippen LogP contribution is -2.32. The molecule has 2 N–H and O–H groups in total. The van der Waals surface area contributed by atoms with E-state index in [1.54, 1.807) is 13.0 Å². The van der Waals surface area contributed by atoms with Crippen LogP contribution in [0.4, 0.5) is 5.82 Å². The lowest BCUT2D eigenvalue weighted by molar-refractivity contribution is 0.102. The molecule has 1 aromatic carbocycles. The zero-order valence-electron chi connectivity index (χ0n) is 13.7. The van der Waals surface area contributed by atoms with E-state index in [-0.39, 0.29) is 28.9 Å². The van der Waals surface area contributed by atoms with Gasteiger partial charge in [0.15, 0.2) is 5.82 Å². The van der Waals surface area contributed by atoms with Gasteiger partial charge >= 0.3 is 0 Å². The van der Waals surface area contributed by atoms with Crippen molar-refractivity contribution in [1.82, 2.24) is 9.88 Å². The van der Waals surface area contributed by atoms with Crippen LogP contribution in [-0.2, 0) is 14.8 Å². The number of nitrogens with one attached hydrogen (secondary N) is 2. The number of amides is 1. The highest BCUT2D eigenvalue weighted by Gasteiger charge is 2.21. The van der Waals surface area contributed by atoms with Crippen molar-refractivity contribution in [3.05, 3.63) is 41.7 Å². The van der Waals surface area contributed by atoms with Crippen molar-refractivity contribution >= 4 is 21.7 Å². The second-order valence-electron chi connectivity index (χ2n) is 5.79. The SMILES string of the molecule is Cc1cc(NC(=O)c2cccc(S(=O)(=O)NCC3CCCO3)c2)no1. The number of aromatic nitrogens is 1. The van der Waals surface area contributed by atoms with E-state index in [9.17, 15) is 13.2 Å². The van der Waals surface area contributed by atoms with E-state index >= 15 is 0 Å². The summed E-state index contributed by atoms with van der Waals surface area (Å²) in [6.07, 6.45) is 1.67. The average molecular weight is 365 g/mol. The van der Waals surface area contributed by atoms with Gasteiger partial charge in [0.25, 0.3) is 5.91 Å². The van der Waals surface area contributed by atoms with Crippen molar-refractivity contribution in [2.24, 2.45) is 0 Å². The third kappa shape index (κ3) is 4.44. The topological polar surface area (TPSA) is 111 Å². The summed E-state index contributed by atoms with van der Waals surface area (Å²) in [7, 11) is -3.72. The van der Waals surface area contributed by atoms with Crippen LogP contribution in [-0.4, -0.2) is 38.7 Å². The van der Waals surface area contributed by atoms with Crippen LogP contribution in [0.2, 0.25) is 0 Å². The Balaban J connectivity index is 1.70. The van der Waals surface area contributed by atoms with Gasteiger partial charge in [-0.2, -0.15) is 0 Å². The maximum absolute atomic E-state index is 12.4. The first-order valence-corrected chi connectivity index (χ1v) is 9.38. The van der Waals surface area contributed by atoms with Crippen LogP contribution in [0.3, 0.4) is 0 Å². The molecule has 134 valence electrons. The molecule has 1 aliphatic rings. The zero-order valence-corrected chi connectivity index (χ0v) is 14.5. The summed E-state index contributed by atoms with van der Waals surface area (Å²) in [6, 6.07) is 7.38. The first-order valence-electron chi connectivity index (χ1n) is 7.90. The standard InChI is InChI=1S/C16H19N3O5S/c1-11-8-15(19-24-11)18-16(20)12-4-2-6-14(9-12)25(21,22)17-10-13-5-3-7-23-13/h2,4,6,8-9,13,17H,3,5,7,10H2,1H3,(H,18,19,20). The molecule has 1 fully saturated rings. The minimum absolute atomic E-state index is 0.0227. The molecule has 1 unspecified atom stereocenters. The van der Waals surface area contributed by atoms with E-state index in [0.717, 1.165) is 12.8 Å². The molecule has 25 heavy (non-hydrogen) atoms. The molecule has 1 atom stereocenters. The van der Waals surface area contributed by atoms with Gasteiger partial charge < -0.3 is 14.6 Å². The van der Waals surface area contributed by atoms with Gasteiger partial charge in [0.05, 0.1) is 11.0 Å². The summed E-state index contributed by atoms with van der Waals surface area (Å²) >= 11 is 0. The lowest BCUT2D eigenvalue weighted by Gasteiger charge is -2.12. The van der Waals surface area contributed by atoms with Crippen LogP contribution in [0.1, 0.15) is 29.0 Å². The van der Waals surface area contributed by atoms with Gasteiger partial charge in [-0.1, -0.05) is 11.2 Å².